The Hall–Kier alpha value is -2.65. The van der Waals surface area contributed by atoms with Gasteiger partial charge in [0, 0.05) is 31.5 Å². The van der Waals surface area contributed by atoms with E-state index in [4.69, 9.17) is 5.11 Å². The fourth-order valence-electron chi connectivity index (χ4n) is 3.71. The van der Waals surface area contributed by atoms with Crippen molar-refractivity contribution in [3.05, 3.63) is 63.3 Å². The molecule has 1 unspecified atom stereocenters. The van der Waals surface area contributed by atoms with Crippen LogP contribution < -0.4 is 10.9 Å². The first-order valence-electron chi connectivity index (χ1n) is 10.2. The zero-order valence-corrected chi connectivity index (χ0v) is 18.4. The van der Waals surface area contributed by atoms with Gasteiger partial charge in [-0.3, -0.25) is 19.0 Å². The monoisotopic (exact) mass is 447 g/mol. The fraction of sp³-hybridized carbons (Fsp3) is 0.409. The van der Waals surface area contributed by atoms with Crippen LogP contribution in [0.25, 0.3) is 5.69 Å². The number of carbonyl (C=O) groups excluding carboxylic acids is 2. The lowest BCUT2D eigenvalue weighted by Gasteiger charge is -2.32. The van der Waals surface area contributed by atoms with Crippen molar-refractivity contribution >= 4 is 23.6 Å². The molecular formula is C22H26FN3O4S. The molecule has 31 heavy (non-hydrogen) atoms. The highest BCUT2D eigenvalue weighted by Gasteiger charge is 2.30. The molecule has 0 saturated heterocycles. The zero-order chi connectivity index (χ0) is 22.5. The summed E-state index contributed by atoms with van der Waals surface area (Å²) in [5.74, 6) is -0.156. The number of aliphatic hydroxyl groups excluding tert-OH is 1. The van der Waals surface area contributed by atoms with E-state index >= 15 is 0 Å². The average molecular weight is 448 g/mol. The van der Waals surface area contributed by atoms with Crippen molar-refractivity contribution in [2.45, 2.75) is 32.1 Å². The molecule has 1 aliphatic rings. The summed E-state index contributed by atoms with van der Waals surface area (Å²) in [5, 5.41) is 11.4. The lowest BCUT2D eigenvalue weighted by atomic mass is 9.95. The minimum absolute atomic E-state index is 0.00152. The molecule has 9 heteroatoms. The Morgan fingerprint density at radius 3 is 2.65 bits per heavy atom. The highest BCUT2D eigenvalue weighted by Crippen LogP contribution is 2.24. The number of carbonyl (C=O) groups is 2. The summed E-state index contributed by atoms with van der Waals surface area (Å²) >= 11 is 1.57. The molecule has 3 rings (SSSR count). The molecule has 1 aromatic heterocycles. The summed E-state index contributed by atoms with van der Waals surface area (Å²) in [4.78, 5) is 40.5. The van der Waals surface area contributed by atoms with Crippen LogP contribution in [-0.2, 0) is 17.8 Å². The number of benzene rings is 1. The van der Waals surface area contributed by atoms with Crippen LogP contribution in [0.15, 0.2) is 35.3 Å². The first-order valence-corrected chi connectivity index (χ1v) is 11.2. The van der Waals surface area contributed by atoms with Gasteiger partial charge in [-0.1, -0.05) is 6.92 Å². The predicted octanol–water partition coefficient (Wildman–Crippen LogP) is 1.72. The number of halogens is 1. The van der Waals surface area contributed by atoms with Gasteiger partial charge < -0.3 is 15.3 Å². The molecule has 1 aromatic carbocycles. The second-order valence-electron chi connectivity index (χ2n) is 7.25. The van der Waals surface area contributed by atoms with Crippen molar-refractivity contribution in [3.63, 3.8) is 0 Å². The van der Waals surface area contributed by atoms with Gasteiger partial charge in [-0.2, -0.15) is 0 Å². The van der Waals surface area contributed by atoms with E-state index in [-0.39, 0.29) is 36.4 Å². The van der Waals surface area contributed by atoms with Crippen LogP contribution in [0.2, 0.25) is 0 Å². The third-order valence-electron chi connectivity index (χ3n) is 5.21. The molecule has 2 N–H and O–H groups in total. The summed E-state index contributed by atoms with van der Waals surface area (Å²) in [5.41, 5.74) is 1.21. The van der Waals surface area contributed by atoms with Crippen LogP contribution in [0.5, 0.6) is 0 Å². The van der Waals surface area contributed by atoms with E-state index < -0.39 is 17.3 Å². The number of pyridine rings is 1. The Morgan fingerprint density at radius 2 is 2.00 bits per heavy atom. The van der Waals surface area contributed by atoms with Crippen molar-refractivity contribution in [1.82, 2.24) is 14.8 Å². The topological polar surface area (TPSA) is 91.6 Å². The third-order valence-corrected chi connectivity index (χ3v) is 6.24. The Morgan fingerprint density at radius 1 is 1.29 bits per heavy atom. The normalized spacial score (nSPS) is 14.1. The van der Waals surface area contributed by atoms with Crippen molar-refractivity contribution in [2.24, 2.45) is 0 Å². The summed E-state index contributed by atoms with van der Waals surface area (Å²) in [6, 6.07) is 5.41. The SMILES string of the molecule is CCSC(C)C(=O)N1CCc2c(cn(-c3ccc(F)cc3)c(=O)c2C(=O)NCCO)C1. The van der Waals surface area contributed by atoms with E-state index in [1.165, 1.54) is 28.8 Å². The molecule has 0 spiro atoms. The maximum Gasteiger partial charge on any atom is 0.268 e. The van der Waals surface area contributed by atoms with Gasteiger partial charge in [-0.25, -0.2) is 4.39 Å². The minimum Gasteiger partial charge on any atom is -0.395 e. The van der Waals surface area contributed by atoms with Crippen LogP contribution in [0.1, 0.15) is 35.3 Å². The highest BCUT2D eigenvalue weighted by atomic mass is 32.2. The summed E-state index contributed by atoms with van der Waals surface area (Å²) in [7, 11) is 0. The molecule has 7 nitrogen and oxygen atoms in total. The fourth-order valence-corrected chi connectivity index (χ4v) is 4.50. The van der Waals surface area contributed by atoms with Crippen molar-refractivity contribution in [2.75, 3.05) is 25.4 Å². The lowest BCUT2D eigenvalue weighted by Crippen LogP contribution is -2.43. The largest absolute Gasteiger partial charge is 0.395 e. The Labute approximate surface area is 184 Å². The number of hydrogen-bond donors (Lipinski definition) is 2. The number of thioether (sulfide) groups is 1. The first-order chi connectivity index (χ1) is 14.9. The van der Waals surface area contributed by atoms with Crippen molar-refractivity contribution in [3.8, 4) is 5.69 Å². The molecule has 1 aliphatic heterocycles. The summed E-state index contributed by atoms with van der Waals surface area (Å²) in [6.45, 7) is 4.35. The highest BCUT2D eigenvalue weighted by molar-refractivity contribution is 8.00. The molecule has 0 radical (unpaired) electrons. The van der Waals surface area contributed by atoms with Crippen LogP contribution in [0.4, 0.5) is 4.39 Å². The number of nitrogens with one attached hydrogen (secondary N) is 1. The van der Waals surface area contributed by atoms with Crippen molar-refractivity contribution in [1.29, 1.82) is 0 Å². The molecule has 166 valence electrons. The maximum atomic E-state index is 13.4. The van der Waals surface area contributed by atoms with Crippen LogP contribution >= 0.6 is 11.8 Å². The van der Waals surface area contributed by atoms with Gasteiger partial charge in [0.25, 0.3) is 11.5 Å². The number of aliphatic hydroxyl groups is 1. The number of fused-ring (bicyclic) bond motifs is 1. The van der Waals surface area contributed by atoms with E-state index in [9.17, 15) is 18.8 Å². The first kappa shape index (κ1) is 23.0. The second kappa shape index (κ2) is 10.1. The van der Waals surface area contributed by atoms with Gasteiger partial charge in [-0.05, 0) is 54.5 Å². The second-order valence-corrected chi connectivity index (χ2v) is 8.86. The Kier molecular flexibility index (Phi) is 7.50. The summed E-state index contributed by atoms with van der Waals surface area (Å²) < 4.78 is 14.7. The van der Waals surface area contributed by atoms with Crippen LogP contribution in [0.3, 0.4) is 0 Å². The van der Waals surface area contributed by atoms with Crippen LogP contribution in [0, 0.1) is 5.82 Å². The lowest BCUT2D eigenvalue weighted by molar-refractivity contribution is -0.131. The zero-order valence-electron chi connectivity index (χ0n) is 17.6. The predicted molar refractivity (Wildman–Crippen MR) is 118 cm³/mol. The standard InChI is InChI=1S/C22H26FN3O4S/c1-3-31-14(2)21(29)25-10-8-18-15(12-25)13-26(17-6-4-16(23)5-7-17)22(30)19(18)20(28)24-9-11-27/h4-7,13-14,27H,3,8-12H2,1-2H3,(H,24,28). The minimum atomic E-state index is -0.568. The number of aromatic nitrogens is 1. The average Bonchev–Trinajstić information content (AvgIpc) is 2.77. The maximum absolute atomic E-state index is 13.4. The number of hydrogen-bond acceptors (Lipinski definition) is 5. The molecule has 0 bridgehead atoms. The van der Waals surface area contributed by atoms with Gasteiger partial charge >= 0.3 is 0 Å². The summed E-state index contributed by atoms with van der Waals surface area (Å²) in [6.07, 6.45) is 2.01. The number of amides is 2. The molecule has 0 fully saturated rings. The van der Waals surface area contributed by atoms with Crippen LogP contribution in [-0.4, -0.2) is 57.1 Å². The van der Waals surface area contributed by atoms with E-state index in [1.54, 1.807) is 22.9 Å². The van der Waals surface area contributed by atoms with Gasteiger partial charge in [0.05, 0.1) is 11.9 Å². The van der Waals surface area contributed by atoms with Gasteiger partial charge in [0.2, 0.25) is 5.91 Å². The van der Waals surface area contributed by atoms with E-state index in [0.29, 0.717) is 29.8 Å². The Balaban J connectivity index is 2.06. The quantitative estimate of drug-likeness (QED) is 0.675. The third kappa shape index (κ3) is 4.99. The molecular weight excluding hydrogens is 421 g/mol. The van der Waals surface area contributed by atoms with Crippen molar-refractivity contribution < 1.29 is 19.1 Å². The molecule has 2 heterocycles. The van der Waals surface area contributed by atoms with E-state index in [0.717, 1.165) is 5.75 Å². The molecule has 0 saturated carbocycles. The Bertz CT molecular complexity index is 1020. The van der Waals surface area contributed by atoms with Gasteiger partial charge in [0.15, 0.2) is 0 Å². The molecule has 2 aromatic rings. The number of nitrogens with zero attached hydrogens (tertiary/aromatic N) is 2. The molecule has 2 amide bonds. The molecule has 0 aliphatic carbocycles. The van der Waals surface area contributed by atoms with Gasteiger partial charge in [-0.15, -0.1) is 11.8 Å². The van der Waals surface area contributed by atoms with Gasteiger partial charge in [0.1, 0.15) is 11.4 Å². The smallest absolute Gasteiger partial charge is 0.268 e. The van der Waals surface area contributed by atoms with E-state index in [2.05, 4.69) is 5.32 Å². The van der Waals surface area contributed by atoms with E-state index in [1.807, 2.05) is 13.8 Å². The molecule has 1 atom stereocenters. The number of rotatable bonds is 7.